The number of likely N-dealkylation sites (tertiary alicyclic amines) is 1. The zero-order chi connectivity index (χ0) is 26.1. The van der Waals surface area contributed by atoms with E-state index in [1.165, 1.54) is 12.1 Å². The molecule has 1 aliphatic rings. The molecule has 7 nitrogen and oxygen atoms in total. The maximum Gasteiger partial charge on any atom is 0.253 e. The van der Waals surface area contributed by atoms with Crippen LogP contribution in [0.3, 0.4) is 0 Å². The fourth-order valence-electron chi connectivity index (χ4n) is 4.92. The summed E-state index contributed by atoms with van der Waals surface area (Å²) in [6.45, 7) is 1.21. The number of aromatic nitrogens is 4. The Morgan fingerprint density at radius 2 is 1.76 bits per heavy atom. The Hall–Kier alpha value is -4.46. The van der Waals surface area contributed by atoms with Crippen molar-refractivity contribution in [1.82, 2.24) is 24.8 Å². The SMILES string of the molecule is O=CCCCCc1nc2cc(C(=O)N3CC(c4nc5ccccc5[nH]4)C3)ccc2nc1-c1ccc(F)cc1. The number of rotatable bonds is 8. The molecule has 0 aliphatic carbocycles. The predicted molar refractivity (Wildman–Crippen MR) is 143 cm³/mol. The van der Waals surface area contributed by atoms with Crippen LogP contribution < -0.4 is 0 Å². The first-order valence-corrected chi connectivity index (χ1v) is 12.8. The summed E-state index contributed by atoms with van der Waals surface area (Å²) in [6, 6.07) is 19.5. The van der Waals surface area contributed by atoms with E-state index in [0.717, 1.165) is 47.2 Å². The fourth-order valence-corrected chi connectivity index (χ4v) is 4.92. The highest BCUT2D eigenvalue weighted by molar-refractivity contribution is 5.98. The Morgan fingerprint density at radius 3 is 2.55 bits per heavy atom. The van der Waals surface area contributed by atoms with Crippen molar-refractivity contribution < 1.29 is 14.0 Å². The van der Waals surface area contributed by atoms with Crippen LogP contribution in [-0.2, 0) is 11.2 Å². The fraction of sp³-hybridized carbons (Fsp3) is 0.233. The van der Waals surface area contributed by atoms with Crippen molar-refractivity contribution in [3.8, 4) is 11.3 Å². The third kappa shape index (κ3) is 4.65. The van der Waals surface area contributed by atoms with Crippen LogP contribution >= 0.6 is 0 Å². The quantitative estimate of drug-likeness (QED) is 0.222. The van der Waals surface area contributed by atoms with Crippen LogP contribution in [0.5, 0.6) is 0 Å². The topological polar surface area (TPSA) is 91.8 Å². The zero-order valence-corrected chi connectivity index (χ0v) is 20.7. The van der Waals surface area contributed by atoms with Gasteiger partial charge in [-0.3, -0.25) is 4.79 Å². The number of aromatic amines is 1. The van der Waals surface area contributed by atoms with Crippen LogP contribution in [0.4, 0.5) is 4.39 Å². The average Bonchev–Trinajstić information content (AvgIpc) is 3.33. The van der Waals surface area contributed by atoms with Crippen LogP contribution in [0, 0.1) is 5.82 Å². The zero-order valence-electron chi connectivity index (χ0n) is 20.7. The van der Waals surface area contributed by atoms with Gasteiger partial charge in [0, 0.05) is 30.6 Å². The molecule has 3 heterocycles. The smallest absolute Gasteiger partial charge is 0.253 e. The molecule has 8 heteroatoms. The third-order valence-electron chi connectivity index (χ3n) is 7.05. The molecule has 6 rings (SSSR count). The maximum atomic E-state index is 13.5. The minimum Gasteiger partial charge on any atom is -0.342 e. The molecule has 0 atom stereocenters. The number of aldehydes is 1. The molecule has 1 aliphatic heterocycles. The number of para-hydroxylation sites is 2. The number of unbranched alkanes of at least 4 members (excludes halogenated alkanes) is 2. The first kappa shape index (κ1) is 23.9. The molecular weight excluding hydrogens is 481 g/mol. The molecule has 3 aromatic carbocycles. The molecule has 0 bridgehead atoms. The van der Waals surface area contributed by atoms with E-state index in [1.807, 2.05) is 35.2 Å². The number of carbonyl (C=O) groups excluding carboxylic acids is 2. The summed E-state index contributed by atoms with van der Waals surface area (Å²) >= 11 is 0. The van der Waals surface area contributed by atoms with Crippen molar-refractivity contribution in [1.29, 1.82) is 0 Å². The molecule has 190 valence electrons. The van der Waals surface area contributed by atoms with E-state index in [-0.39, 0.29) is 17.6 Å². The number of nitrogens with one attached hydrogen (secondary N) is 1. The van der Waals surface area contributed by atoms with Crippen LogP contribution in [0.1, 0.15) is 47.1 Å². The predicted octanol–water partition coefficient (Wildman–Crippen LogP) is 5.46. The second kappa shape index (κ2) is 10.1. The lowest BCUT2D eigenvalue weighted by atomic mass is 9.98. The molecule has 1 amide bonds. The molecular formula is C30H26FN5O2. The number of benzene rings is 3. The first-order valence-electron chi connectivity index (χ1n) is 12.8. The molecule has 1 N–H and O–H groups in total. The van der Waals surface area contributed by atoms with Gasteiger partial charge in [0.2, 0.25) is 0 Å². The summed E-state index contributed by atoms with van der Waals surface area (Å²) in [4.78, 5) is 43.5. The number of fused-ring (bicyclic) bond motifs is 2. The minimum absolute atomic E-state index is 0.0452. The van der Waals surface area contributed by atoms with Gasteiger partial charge in [-0.1, -0.05) is 12.1 Å². The Kier molecular flexibility index (Phi) is 6.37. The van der Waals surface area contributed by atoms with Crippen LogP contribution in [0.15, 0.2) is 66.7 Å². The van der Waals surface area contributed by atoms with E-state index >= 15 is 0 Å². The minimum atomic E-state index is -0.313. The number of hydrogen-bond donors (Lipinski definition) is 1. The van der Waals surface area contributed by atoms with E-state index in [9.17, 15) is 14.0 Å². The third-order valence-corrected chi connectivity index (χ3v) is 7.05. The summed E-state index contributed by atoms with van der Waals surface area (Å²) in [5.41, 5.74) is 6.06. The van der Waals surface area contributed by atoms with E-state index in [4.69, 9.17) is 9.97 Å². The van der Waals surface area contributed by atoms with Gasteiger partial charge in [-0.05, 0) is 73.9 Å². The number of amides is 1. The van der Waals surface area contributed by atoms with E-state index in [2.05, 4.69) is 9.97 Å². The van der Waals surface area contributed by atoms with Gasteiger partial charge in [0.1, 0.15) is 17.9 Å². The van der Waals surface area contributed by atoms with Gasteiger partial charge in [-0.2, -0.15) is 0 Å². The van der Waals surface area contributed by atoms with Crippen LogP contribution in [-0.4, -0.2) is 50.1 Å². The number of nitrogens with zero attached hydrogens (tertiary/aromatic N) is 4. The number of aryl methyl sites for hydroxylation is 1. The number of carbonyl (C=O) groups is 2. The number of H-pyrrole nitrogens is 1. The number of hydrogen-bond acceptors (Lipinski definition) is 5. The van der Waals surface area contributed by atoms with Crippen molar-refractivity contribution in [3.05, 3.63) is 89.6 Å². The molecule has 1 fully saturated rings. The van der Waals surface area contributed by atoms with Gasteiger partial charge in [0.05, 0.1) is 39.4 Å². The van der Waals surface area contributed by atoms with Crippen LogP contribution in [0.25, 0.3) is 33.3 Å². The van der Waals surface area contributed by atoms with Gasteiger partial charge in [0.15, 0.2) is 0 Å². The summed E-state index contributed by atoms with van der Waals surface area (Å²) in [7, 11) is 0. The van der Waals surface area contributed by atoms with Crippen molar-refractivity contribution >= 4 is 34.3 Å². The highest BCUT2D eigenvalue weighted by Gasteiger charge is 2.34. The Bertz CT molecular complexity index is 1610. The van der Waals surface area contributed by atoms with Crippen LogP contribution in [0.2, 0.25) is 0 Å². The van der Waals surface area contributed by atoms with Crippen molar-refractivity contribution in [2.45, 2.75) is 31.6 Å². The second-order valence-corrected chi connectivity index (χ2v) is 9.69. The lowest BCUT2D eigenvalue weighted by molar-refractivity contribution is -0.107. The first-order chi connectivity index (χ1) is 18.6. The van der Waals surface area contributed by atoms with Gasteiger partial charge >= 0.3 is 0 Å². The molecule has 0 radical (unpaired) electrons. The largest absolute Gasteiger partial charge is 0.342 e. The number of halogens is 1. The molecule has 1 saturated heterocycles. The lowest BCUT2D eigenvalue weighted by Crippen LogP contribution is -2.48. The van der Waals surface area contributed by atoms with Crippen molar-refractivity contribution in [3.63, 3.8) is 0 Å². The van der Waals surface area contributed by atoms with Crippen molar-refractivity contribution in [2.24, 2.45) is 0 Å². The van der Waals surface area contributed by atoms with Gasteiger partial charge in [-0.15, -0.1) is 0 Å². The summed E-state index contributed by atoms with van der Waals surface area (Å²) in [5, 5.41) is 0. The highest BCUT2D eigenvalue weighted by Crippen LogP contribution is 2.30. The van der Waals surface area contributed by atoms with E-state index in [1.54, 1.807) is 24.3 Å². The summed E-state index contributed by atoms with van der Waals surface area (Å²) in [6.07, 6.45) is 3.58. The molecule has 0 saturated carbocycles. The maximum absolute atomic E-state index is 13.5. The van der Waals surface area contributed by atoms with Gasteiger partial charge < -0.3 is 14.7 Å². The summed E-state index contributed by atoms with van der Waals surface area (Å²) < 4.78 is 13.5. The Morgan fingerprint density at radius 1 is 0.947 bits per heavy atom. The summed E-state index contributed by atoms with van der Waals surface area (Å²) in [5.74, 6) is 0.734. The van der Waals surface area contributed by atoms with E-state index < -0.39 is 0 Å². The average molecular weight is 508 g/mol. The second-order valence-electron chi connectivity index (χ2n) is 9.69. The molecule has 38 heavy (non-hydrogen) atoms. The van der Waals surface area contributed by atoms with E-state index in [0.29, 0.717) is 48.2 Å². The lowest BCUT2D eigenvalue weighted by Gasteiger charge is -2.38. The Balaban J connectivity index is 1.24. The molecule has 0 spiro atoms. The van der Waals surface area contributed by atoms with Gasteiger partial charge in [0.25, 0.3) is 5.91 Å². The standard InChI is InChI=1S/C30H26FN5O2/c31-22-12-9-19(10-13-22)28-26(8-2-1-5-15-37)32-27-16-20(11-14-25(27)33-28)30(38)36-17-21(18-36)29-34-23-6-3-4-7-24(23)35-29/h3-4,6-7,9-16,21H,1-2,5,8,17-18H2,(H,34,35). The number of imidazole rings is 1. The normalized spacial score (nSPS) is 13.7. The molecule has 5 aromatic rings. The molecule has 0 unspecified atom stereocenters. The highest BCUT2D eigenvalue weighted by atomic mass is 19.1. The molecule has 2 aromatic heterocycles. The van der Waals surface area contributed by atoms with Crippen molar-refractivity contribution in [2.75, 3.05) is 13.1 Å². The Labute approximate surface area is 218 Å². The van der Waals surface area contributed by atoms with Gasteiger partial charge in [-0.25, -0.2) is 19.3 Å². The monoisotopic (exact) mass is 507 g/mol.